The number of methoxy groups -OCH3 is 2. The zero-order valence-corrected chi connectivity index (χ0v) is 12.6. The predicted octanol–water partition coefficient (Wildman–Crippen LogP) is 3.00. The van der Waals surface area contributed by atoms with Crippen LogP contribution < -0.4 is 14.2 Å². The monoisotopic (exact) mass is 317 g/mol. The molecule has 0 aromatic heterocycles. The topological polar surface area (TPSA) is 87.9 Å². The first kappa shape index (κ1) is 16.3. The van der Waals surface area contributed by atoms with Gasteiger partial charge in [-0.1, -0.05) is 0 Å². The van der Waals surface area contributed by atoms with Crippen LogP contribution in [-0.2, 0) is 6.61 Å². The third-order valence-electron chi connectivity index (χ3n) is 3.15. The fourth-order valence-corrected chi connectivity index (χ4v) is 1.98. The molecule has 23 heavy (non-hydrogen) atoms. The quantitative estimate of drug-likeness (QED) is 0.443. The lowest BCUT2D eigenvalue weighted by Gasteiger charge is -2.15. The number of nitro benzene ring substituents is 1. The highest BCUT2D eigenvalue weighted by Crippen LogP contribution is 2.38. The van der Waals surface area contributed by atoms with E-state index < -0.39 is 4.92 Å². The molecule has 0 radical (unpaired) electrons. The van der Waals surface area contributed by atoms with Crippen LogP contribution >= 0.6 is 0 Å². The third-order valence-corrected chi connectivity index (χ3v) is 3.15. The Labute approximate surface area is 132 Å². The summed E-state index contributed by atoms with van der Waals surface area (Å²) in [6.07, 6.45) is 0.686. The van der Waals surface area contributed by atoms with E-state index in [0.717, 1.165) is 5.56 Å². The minimum absolute atomic E-state index is 0.0132. The van der Waals surface area contributed by atoms with Gasteiger partial charge in [-0.15, -0.1) is 0 Å². The van der Waals surface area contributed by atoms with E-state index in [9.17, 15) is 14.9 Å². The summed E-state index contributed by atoms with van der Waals surface area (Å²) in [6, 6.07) is 9.11. The van der Waals surface area contributed by atoms with E-state index >= 15 is 0 Å². The van der Waals surface area contributed by atoms with E-state index in [4.69, 9.17) is 14.2 Å². The SMILES string of the molecule is COc1cc(C=O)cc(OC)c1OCc1ccc([N+](=O)[O-])cc1. The Morgan fingerprint density at radius 1 is 1.09 bits per heavy atom. The van der Waals surface area contributed by atoms with Crippen molar-refractivity contribution in [2.45, 2.75) is 6.61 Å². The van der Waals surface area contributed by atoms with E-state index in [1.54, 1.807) is 24.3 Å². The molecule has 0 atom stereocenters. The highest BCUT2D eigenvalue weighted by molar-refractivity contribution is 5.78. The molecule has 0 N–H and O–H groups in total. The van der Waals surface area contributed by atoms with Crippen LogP contribution in [0.15, 0.2) is 36.4 Å². The molecule has 0 spiro atoms. The number of hydrogen-bond donors (Lipinski definition) is 0. The summed E-state index contributed by atoms with van der Waals surface area (Å²) in [7, 11) is 2.92. The first-order valence-electron chi connectivity index (χ1n) is 6.66. The number of nitro groups is 1. The molecule has 2 rings (SSSR count). The van der Waals surface area contributed by atoms with Gasteiger partial charge in [-0.05, 0) is 29.8 Å². The summed E-state index contributed by atoms with van der Waals surface area (Å²) in [5, 5.41) is 10.6. The van der Waals surface area contributed by atoms with Crippen molar-refractivity contribution in [2.24, 2.45) is 0 Å². The van der Waals surface area contributed by atoms with E-state index in [-0.39, 0.29) is 12.3 Å². The lowest BCUT2D eigenvalue weighted by Crippen LogP contribution is -2.01. The van der Waals surface area contributed by atoms with Gasteiger partial charge in [-0.2, -0.15) is 0 Å². The third kappa shape index (κ3) is 3.76. The second-order valence-corrected chi connectivity index (χ2v) is 4.58. The molecule has 7 heteroatoms. The molecule has 0 unspecified atom stereocenters. The van der Waals surface area contributed by atoms with E-state index in [1.807, 2.05) is 0 Å². The van der Waals surface area contributed by atoms with Gasteiger partial charge in [-0.25, -0.2) is 0 Å². The zero-order valence-electron chi connectivity index (χ0n) is 12.6. The number of non-ortho nitro benzene ring substituents is 1. The Kier molecular flexibility index (Phi) is 5.14. The van der Waals surface area contributed by atoms with Crippen LogP contribution in [0.3, 0.4) is 0 Å². The molecule has 0 fully saturated rings. The fourth-order valence-electron chi connectivity index (χ4n) is 1.98. The Morgan fingerprint density at radius 3 is 2.09 bits per heavy atom. The summed E-state index contributed by atoms with van der Waals surface area (Å²) < 4.78 is 16.1. The first-order chi connectivity index (χ1) is 11.1. The number of benzene rings is 2. The highest BCUT2D eigenvalue weighted by atomic mass is 16.6. The molecule has 7 nitrogen and oxygen atoms in total. The van der Waals surface area contributed by atoms with Gasteiger partial charge in [0.2, 0.25) is 5.75 Å². The van der Waals surface area contributed by atoms with Gasteiger partial charge in [0.05, 0.1) is 19.1 Å². The summed E-state index contributed by atoms with van der Waals surface area (Å²) in [5.74, 6) is 1.10. The number of ether oxygens (including phenoxy) is 3. The maximum Gasteiger partial charge on any atom is 0.269 e. The Morgan fingerprint density at radius 2 is 1.65 bits per heavy atom. The largest absolute Gasteiger partial charge is 0.493 e. The average molecular weight is 317 g/mol. The van der Waals surface area contributed by atoms with Crippen LogP contribution in [0.4, 0.5) is 5.69 Å². The number of rotatable bonds is 7. The molecule has 0 heterocycles. The molecule has 2 aromatic rings. The zero-order chi connectivity index (χ0) is 16.8. The van der Waals surface area contributed by atoms with Crippen molar-refractivity contribution in [2.75, 3.05) is 14.2 Å². The van der Waals surface area contributed by atoms with E-state index in [0.29, 0.717) is 29.1 Å². The lowest BCUT2D eigenvalue weighted by molar-refractivity contribution is -0.384. The first-order valence-corrected chi connectivity index (χ1v) is 6.66. The summed E-state index contributed by atoms with van der Waals surface area (Å²) in [5.41, 5.74) is 1.17. The van der Waals surface area contributed by atoms with Crippen molar-refractivity contribution in [1.29, 1.82) is 0 Å². The number of aldehydes is 1. The molecule has 0 aliphatic heterocycles. The Balaban J connectivity index is 2.22. The molecule has 120 valence electrons. The molecule has 0 bridgehead atoms. The predicted molar refractivity (Wildman–Crippen MR) is 82.4 cm³/mol. The molecule has 0 aliphatic rings. The lowest BCUT2D eigenvalue weighted by atomic mass is 10.2. The molecule has 0 aliphatic carbocycles. The maximum atomic E-state index is 10.9. The normalized spacial score (nSPS) is 10.0. The van der Waals surface area contributed by atoms with Crippen molar-refractivity contribution in [1.82, 2.24) is 0 Å². The van der Waals surface area contributed by atoms with Crippen LogP contribution in [0.5, 0.6) is 17.2 Å². The van der Waals surface area contributed by atoms with Crippen LogP contribution in [0, 0.1) is 10.1 Å². The van der Waals surface area contributed by atoms with Gasteiger partial charge in [0, 0.05) is 17.7 Å². The summed E-state index contributed by atoms with van der Waals surface area (Å²) in [6.45, 7) is 0.172. The van der Waals surface area contributed by atoms with Crippen LogP contribution in [0.2, 0.25) is 0 Å². The van der Waals surface area contributed by atoms with E-state index in [2.05, 4.69) is 0 Å². The number of hydrogen-bond acceptors (Lipinski definition) is 6. The number of nitrogens with zero attached hydrogens (tertiary/aromatic N) is 1. The molecule has 2 aromatic carbocycles. The van der Waals surface area contributed by atoms with Gasteiger partial charge in [-0.3, -0.25) is 14.9 Å². The smallest absolute Gasteiger partial charge is 0.269 e. The number of carbonyl (C=O) groups is 1. The Hall–Kier alpha value is -3.09. The molecular weight excluding hydrogens is 302 g/mol. The highest BCUT2D eigenvalue weighted by Gasteiger charge is 2.14. The second kappa shape index (κ2) is 7.26. The minimum Gasteiger partial charge on any atom is -0.493 e. The number of carbonyl (C=O) groups excluding carboxylic acids is 1. The van der Waals surface area contributed by atoms with Crippen molar-refractivity contribution < 1.29 is 23.9 Å². The van der Waals surface area contributed by atoms with Gasteiger partial charge >= 0.3 is 0 Å². The minimum atomic E-state index is -0.463. The molecule has 0 amide bonds. The van der Waals surface area contributed by atoms with Crippen molar-refractivity contribution in [3.05, 3.63) is 57.6 Å². The standard InChI is InChI=1S/C16H15NO6/c1-21-14-7-12(9-18)8-15(22-2)16(14)23-10-11-3-5-13(6-4-11)17(19)20/h3-9H,10H2,1-2H3. The van der Waals surface area contributed by atoms with Gasteiger partial charge in [0.15, 0.2) is 11.5 Å². The van der Waals surface area contributed by atoms with Crippen molar-refractivity contribution >= 4 is 12.0 Å². The molecule has 0 saturated heterocycles. The summed E-state index contributed by atoms with van der Waals surface area (Å²) in [4.78, 5) is 21.1. The molecular formula is C16H15NO6. The van der Waals surface area contributed by atoms with Gasteiger partial charge in [0.1, 0.15) is 12.9 Å². The van der Waals surface area contributed by atoms with Gasteiger partial charge in [0.25, 0.3) is 5.69 Å². The van der Waals surface area contributed by atoms with Crippen LogP contribution in [0.25, 0.3) is 0 Å². The van der Waals surface area contributed by atoms with E-state index in [1.165, 1.54) is 26.4 Å². The average Bonchev–Trinajstić information content (AvgIpc) is 2.59. The van der Waals surface area contributed by atoms with Crippen LogP contribution in [-0.4, -0.2) is 25.4 Å². The second-order valence-electron chi connectivity index (χ2n) is 4.58. The van der Waals surface area contributed by atoms with Crippen molar-refractivity contribution in [3.63, 3.8) is 0 Å². The fraction of sp³-hybridized carbons (Fsp3) is 0.188. The maximum absolute atomic E-state index is 10.9. The van der Waals surface area contributed by atoms with Gasteiger partial charge < -0.3 is 14.2 Å². The summed E-state index contributed by atoms with van der Waals surface area (Å²) >= 11 is 0. The van der Waals surface area contributed by atoms with Crippen molar-refractivity contribution in [3.8, 4) is 17.2 Å². The molecule has 0 saturated carbocycles. The van der Waals surface area contributed by atoms with Crippen LogP contribution in [0.1, 0.15) is 15.9 Å². The Bertz CT molecular complexity index is 686.